The number of urea groups is 1. The molecule has 1 atom stereocenters. The minimum Gasteiger partial charge on any atom is -0.355 e. The Bertz CT molecular complexity index is 567. The van der Waals surface area contributed by atoms with Gasteiger partial charge >= 0.3 is 6.03 Å². The van der Waals surface area contributed by atoms with E-state index in [2.05, 4.69) is 10.6 Å². The molecule has 0 aliphatic rings. The molecule has 0 heterocycles. The molecule has 0 bridgehead atoms. The van der Waals surface area contributed by atoms with Crippen molar-refractivity contribution in [3.8, 4) is 0 Å². The quantitative estimate of drug-likeness (QED) is 0.764. The second kappa shape index (κ2) is 9.85. The van der Waals surface area contributed by atoms with Crippen molar-refractivity contribution in [3.05, 3.63) is 35.4 Å². The van der Waals surface area contributed by atoms with E-state index in [1.54, 1.807) is 6.92 Å². The van der Waals surface area contributed by atoms with Crippen molar-refractivity contribution in [2.75, 3.05) is 19.6 Å². The van der Waals surface area contributed by atoms with Gasteiger partial charge in [-0.15, -0.1) is 0 Å². The minimum atomic E-state index is -0.960. The number of hydrogen-bond acceptors (Lipinski definition) is 2. The van der Waals surface area contributed by atoms with Crippen LogP contribution in [0.15, 0.2) is 18.2 Å². The van der Waals surface area contributed by atoms with Crippen LogP contribution in [0.4, 0.5) is 13.6 Å². The normalized spacial score (nSPS) is 11.7. The Balaban J connectivity index is 2.69. The Labute approximate surface area is 141 Å². The Morgan fingerprint density at radius 2 is 1.88 bits per heavy atom. The summed E-state index contributed by atoms with van der Waals surface area (Å²) in [7, 11) is 0. The molecule has 2 N–H and O–H groups in total. The third kappa shape index (κ3) is 6.14. The number of carbonyl (C=O) groups is 2. The zero-order chi connectivity index (χ0) is 18.1. The molecule has 0 aliphatic heterocycles. The standard InChI is InChI=1S/C17H25F2N3O2/c1-4-8-20-16(23)11-22(9-5-2)17(24)21-12(3)13-6-7-14(18)15(19)10-13/h6-7,10,12H,4-5,8-9,11H2,1-3H3,(H,20,23)(H,21,24). The van der Waals surface area contributed by atoms with E-state index in [-0.39, 0.29) is 12.5 Å². The highest BCUT2D eigenvalue weighted by molar-refractivity contribution is 5.84. The van der Waals surface area contributed by atoms with Gasteiger partial charge in [-0.25, -0.2) is 13.6 Å². The fourth-order valence-corrected chi connectivity index (χ4v) is 2.16. The maximum absolute atomic E-state index is 13.3. The second-order valence-electron chi connectivity index (χ2n) is 5.62. The van der Waals surface area contributed by atoms with Crippen molar-refractivity contribution < 1.29 is 18.4 Å². The van der Waals surface area contributed by atoms with Gasteiger partial charge in [0, 0.05) is 13.1 Å². The van der Waals surface area contributed by atoms with Crippen LogP contribution < -0.4 is 10.6 Å². The fourth-order valence-electron chi connectivity index (χ4n) is 2.16. The van der Waals surface area contributed by atoms with Crippen LogP contribution in [0.5, 0.6) is 0 Å². The van der Waals surface area contributed by atoms with Crippen LogP contribution in [0.3, 0.4) is 0 Å². The molecule has 24 heavy (non-hydrogen) atoms. The van der Waals surface area contributed by atoms with E-state index in [1.807, 2.05) is 13.8 Å². The third-order valence-corrected chi connectivity index (χ3v) is 3.47. The molecular weight excluding hydrogens is 316 g/mol. The van der Waals surface area contributed by atoms with Gasteiger partial charge in [0.15, 0.2) is 11.6 Å². The molecule has 0 spiro atoms. The number of hydrogen-bond donors (Lipinski definition) is 2. The lowest BCUT2D eigenvalue weighted by Crippen LogP contribution is -2.46. The molecule has 1 aromatic rings. The molecule has 134 valence electrons. The number of rotatable bonds is 8. The summed E-state index contributed by atoms with van der Waals surface area (Å²) in [5, 5.41) is 5.43. The summed E-state index contributed by atoms with van der Waals surface area (Å²) < 4.78 is 26.3. The Kier molecular flexibility index (Phi) is 8.15. The van der Waals surface area contributed by atoms with Gasteiger partial charge in [-0.1, -0.05) is 19.9 Å². The summed E-state index contributed by atoms with van der Waals surface area (Å²) in [5.74, 6) is -2.11. The summed E-state index contributed by atoms with van der Waals surface area (Å²) in [6.45, 7) is 6.47. The van der Waals surface area contributed by atoms with Crippen LogP contribution in [0.2, 0.25) is 0 Å². The maximum Gasteiger partial charge on any atom is 0.318 e. The van der Waals surface area contributed by atoms with E-state index < -0.39 is 23.7 Å². The summed E-state index contributed by atoms with van der Waals surface area (Å²) in [5.41, 5.74) is 0.453. The molecule has 1 aromatic carbocycles. The molecule has 0 saturated heterocycles. The van der Waals surface area contributed by atoms with Crippen molar-refractivity contribution in [2.45, 2.75) is 39.7 Å². The largest absolute Gasteiger partial charge is 0.355 e. The van der Waals surface area contributed by atoms with Crippen LogP contribution in [0.1, 0.15) is 45.2 Å². The monoisotopic (exact) mass is 341 g/mol. The first-order valence-corrected chi connectivity index (χ1v) is 8.16. The van der Waals surface area contributed by atoms with E-state index in [9.17, 15) is 18.4 Å². The number of benzene rings is 1. The van der Waals surface area contributed by atoms with Gasteiger partial charge in [0.25, 0.3) is 0 Å². The van der Waals surface area contributed by atoms with Crippen LogP contribution in [-0.4, -0.2) is 36.5 Å². The van der Waals surface area contributed by atoms with Crippen molar-refractivity contribution in [1.82, 2.24) is 15.5 Å². The first kappa shape index (κ1) is 19.9. The van der Waals surface area contributed by atoms with E-state index in [4.69, 9.17) is 0 Å². The van der Waals surface area contributed by atoms with Gasteiger partial charge in [0.05, 0.1) is 6.04 Å². The topological polar surface area (TPSA) is 61.4 Å². The van der Waals surface area contributed by atoms with Gasteiger partial charge in [0.2, 0.25) is 5.91 Å². The smallest absolute Gasteiger partial charge is 0.318 e. The number of carbonyl (C=O) groups excluding carboxylic acids is 2. The van der Waals surface area contributed by atoms with E-state index in [0.717, 1.165) is 18.6 Å². The van der Waals surface area contributed by atoms with Crippen LogP contribution in [0.25, 0.3) is 0 Å². The lowest BCUT2D eigenvalue weighted by atomic mass is 10.1. The Morgan fingerprint density at radius 1 is 1.17 bits per heavy atom. The zero-order valence-corrected chi connectivity index (χ0v) is 14.4. The summed E-state index contributed by atoms with van der Waals surface area (Å²) in [6, 6.07) is 2.57. The van der Waals surface area contributed by atoms with Gasteiger partial charge in [-0.05, 0) is 37.5 Å². The highest BCUT2D eigenvalue weighted by Crippen LogP contribution is 2.16. The summed E-state index contributed by atoms with van der Waals surface area (Å²) in [4.78, 5) is 25.6. The van der Waals surface area contributed by atoms with Gasteiger partial charge in [0.1, 0.15) is 6.54 Å². The maximum atomic E-state index is 13.3. The molecular formula is C17H25F2N3O2. The van der Waals surface area contributed by atoms with E-state index in [0.29, 0.717) is 25.1 Å². The van der Waals surface area contributed by atoms with Crippen molar-refractivity contribution in [3.63, 3.8) is 0 Å². The molecule has 1 unspecified atom stereocenters. The van der Waals surface area contributed by atoms with Crippen molar-refractivity contribution >= 4 is 11.9 Å². The number of halogens is 2. The number of amides is 3. The fraction of sp³-hybridized carbons (Fsp3) is 0.529. The highest BCUT2D eigenvalue weighted by Gasteiger charge is 2.19. The molecule has 1 rings (SSSR count). The van der Waals surface area contributed by atoms with Gasteiger partial charge in [-0.3, -0.25) is 4.79 Å². The molecule has 0 radical (unpaired) electrons. The third-order valence-electron chi connectivity index (χ3n) is 3.47. The van der Waals surface area contributed by atoms with Crippen molar-refractivity contribution in [1.29, 1.82) is 0 Å². The lowest BCUT2D eigenvalue weighted by molar-refractivity contribution is -0.121. The highest BCUT2D eigenvalue weighted by atomic mass is 19.2. The zero-order valence-electron chi connectivity index (χ0n) is 14.4. The predicted molar refractivity (Wildman–Crippen MR) is 88.5 cm³/mol. The minimum absolute atomic E-state index is 0.0375. The van der Waals surface area contributed by atoms with Crippen molar-refractivity contribution in [2.24, 2.45) is 0 Å². The average molecular weight is 341 g/mol. The second-order valence-corrected chi connectivity index (χ2v) is 5.62. The van der Waals surface area contributed by atoms with Crippen LogP contribution in [0, 0.1) is 11.6 Å². The molecule has 0 fully saturated rings. The summed E-state index contributed by atoms with van der Waals surface area (Å²) >= 11 is 0. The first-order valence-electron chi connectivity index (χ1n) is 8.16. The Morgan fingerprint density at radius 3 is 2.46 bits per heavy atom. The molecule has 5 nitrogen and oxygen atoms in total. The number of nitrogens with zero attached hydrogens (tertiary/aromatic N) is 1. The predicted octanol–water partition coefficient (Wildman–Crippen LogP) is 2.97. The average Bonchev–Trinajstić information content (AvgIpc) is 2.54. The van der Waals surface area contributed by atoms with Crippen LogP contribution in [-0.2, 0) is 4.79 Å². The van der Waals surface area contributed by atoms with E-state index in [1.165, 1.54) is 11.0 Å². The summed E-state index contributed by atoms with van der Waals surface area (Å²) in [6.07, 6.45) is 1.52. The molecule has 7 heteroatoms. The Hall–Kier alpha value is -2.18. The van der Waals surface area contributed by atoms with Crippen LogP contribution >= 0.6 is 0 Å². The molecule has 0 saturated carbocycles. The lowest BCUT2D eigenvalue weighted by Gasteiger charge is -2.24. The molecule has 0 aliphatic carbocycles. The SMILES string of the molecule is CCCNC(=O)CN(CCC)C(=O)NC(C)c1ccc(F)c(F)c1. The van der Waals surface area contributed by atoms with Gasteiger partial charge in [-0.2, -0.15) is 0 Å². The number of nitrogens with one attached hydrogen (secondary N) is 2. The molecule has 0 aromatic heterocycles. The van der Waals surface area contributed by atoms with Gasteiger partial charge < -0.3 is 15.5 Å². The first-order chi connectivity index (χ1) is 11.4. The molecule has 3 amide bonds. The van der Waals surface area contributed by atoms with E-state index >= 15 is 0 Å².